The third kappa shape index (κ3) is 2.98. The van der Waals surface area contributed by atoms with Crippen molar-refractivity contribution >= 4 is 11.4 Å². The second-order valence-electron chi connectivity index (χ2n) is 4.80. The lowest BCUT2D eigenvalue weighted by Crippen LogP contribution is -2.13. The van der Waals surface area contributed by atoms with E-state index in [1.165, 1.54) is 6.42 Å². The van der Waals surface area contributed by atoms with Gasteiger partial charge in [-0.3, -0.25) is 10.1 Å². The van der Waals surface area contributed by atoms with Crippen molar-refractivity contribution in [2.75, 3.05) is 25.0 Å². The number of nitro benzene ring substituents is 1. The number of anilines is 1. The third-order valence-electron chi connectivity index (χ3n) is 3.46. The van der Waals surface area contributed by atoms with E-state index in [-0.39, 0.29) is 10.6 Å². The number of rotatable bonds is 5. The standard InChI is InChI=1S/C13H19N3O2/c1-10-3-2-4-12(16(17)18)13(10)15-8-6-11-5-7-14-9-11/h2-4,11,14-15H,5-9H2,1H3. The van der Waals surface area contributed by atoms with Crippen LogP contribution in [0.4, 0.5) is 11.4 Å². The van der Waals surface area contributed by atoms with Crippen LogP contribution in [0.2, 0.25) is 0 Å². The minimum Gasteiger partial charge on any atom is -0.379 e. The number of aryl methyl sites for hydroxylation is 1. The minimum absolute atomic E-state index is 0.166. The highest BCUT2D eigenvalue weighted by Gasteiger charge is 2.17. The maximum Gasteiger partial charge on any atom is 0.292 e. The van der Waals surface area contributed by atoms with Gasteiger partial charge in [0.15, 0.2) is 0 Å². The molecule has 5 nitrogen and oxygen atoms in total. The van der Waals surface area contributed by atoms with Gasteiger partial charge in [-0.2, -0.15) is 0 Å². The van der Waals surface area contributed by atoms with Gasteiger partial charge in [-0.1, -0.05) is 12.1 Å². The van der Waals surface area contributed by atoms with Gasteiger partial charge in [-0.15, -0.1) is 0 Å². The number of nitrogens with one attached hydrogen (secondary N) is 2. The molecule has 1 aliphatic rings. The Hall–Kier alpha value is -1.62. The van der Waals surface area contributed by atoms with Crippen LogP contribution in [0.15, 0.2) is 18.2 Å². The fraction of sp³-hybridized carbons (Fsp3) is 0.538. The highest BCUT2D eigenvalue weighted by atomic mass is 16.6. The van der Waals surface area contributed by atoms with Gasteiger partial charge in [0.2, 0.25) is 0 Å². The predicted molar refractivity (Wildman–Crippen MR) is 71.9 cm³/mol. The molecule has 18 heavy (non-hydrogen) atoms. The molecule has 1 atom stereocenters. The number of nitrogens with zero attached hydrogens (tertiary/aromatic N) is 1. The van der Waals surface area contributed by atoms with Crippen molar-refractivity contribution < 1.29 is 4.92 Å². The van der Waals surface area contributed by atoms with Crippen LogP contribution in [0.3, 0.4) is 0 Å². The Morgan fingerprint density at radius 3 is 3.06 bits per heavy atom. The van der Waals surface area contributed by atoms with Crippen molar-refractivity contribution in [1.29, 1.82) is 0 Å². The van der Waals surface area contributed by atoms with E-state index in [4.69, 9.17) is 0 Å². The topological polar surface area (TPSA) is 67.2 Å². The van der Waals surface area contributed by atoms with Crippen molar-refractivity contribution in [2.45, 2.75) is 19.8 Å². The quantitative estimate of drug-likeness (QED) is 0.620. The molecule has 0 saturated carbocycles. The van der Waals surface area contributed by atoms with E-state index in [0.717, 1.165) is 31.6 Å². The van der Waals surface area contributed by atoms with Crippen LogP contribution in [0.1, 0.15) is 18.4 Å². The van der Waals surface area contributed by atoms with Crippen LogP contribution in [-0.2, 0) is 0 Å². The number of hydrogen-bond acceptors (Lipinski definition) is 4. The molecule has 1 fully saturated rings. The molecule has 98 valence electrons. The Morgan fingerprint density at radius 2 is 2.39 bits per heavy atom. The molecule has 0 aromatic heterocycles. The first-order valence-electron chi connectivity index (χ1n) is 6.37. The van der Waals surface area contributed by atoms with E-state index in [2.05, 4.69) is 10.6 Å². The van der Waals surface area contributed by atoms with Crippen molar-refractivity contribution in [2.24, 2.45) is 5.92 Å². The van der Waals surface area contributed by atoms with Crippen molar-refractivity contribution in [1.82, 2.24) is 5.32 Å². The SMILES string of the molecule is Cc1cccc([N+](=O)[O-])c1NCCC1CCNC1. The highest BCUT2D eigenvalue weighted by molar-refractivity contribution is 5.65. The predicted octanol–water partition coefficient (Wildman–Crippen LogP) is 2.31. The molecule has 1 aromatic rings. The molecule has 1 aliphatic heterocycles. The molecule has 0 radical (unpaired) electrons. The van der Waals surface area contributed by atoms with Gasteiger partial charge in [-0.25, -0.2) is 0 Å². The fourth-order valence-electron chi connectivity index (χ4n) is 2.40. The normalized spacial score (nSPS) is 18.8. The summed E-state index contributed by atoms with van der Waals surface area (Å²) in [6.07, 6.45) is 2.26. The van der Waals surface area contributed by atoms with E-state index < -0.39 is 0 Å². The lowest BCUT2D eigenvalue weighted by molar-refractivity contribution is -0.384. The van der Waals surface area contributed by atoms with Gasteiger partial charge < -0.3 is 10.6 Å². The Bertz CT molecular complexity index is 428. The molecule has 0 bridgehead atoms. The number of para-hydroxylation sites is 1. The molecular weight excluding hydrogens is 230 g/mol. The lowest BCUT2D eigenvalue weighted by atomic mass is 10.0. The maximum atomic E-state index is 10.9. The summed E-state index contributed by atoms with van der Waals surface area (Å²) in [5, 5.41) is 17.5. The van der Waals surface area contributed by atoms with Gasteiger partial charge in [0.25, 0.3) is 5.69 Å². The van der Waals surface area contributed by atoms with E-state index in [9.17, 15) is 10.1 Å². The first kappa shape index (κ1) is 12.8. The average molecular weight is 249 g/mol. The molecule has 0 spiro atoms. The van der Waals surface area contributed by atoms with E-state index in [1.54, 1.807) is 12.1 Å². The smallest absolute Gasteiger partial charge is 0.292 e. The highest BCUT2D eigenvalue weighted by Crippen LogP contribution is 2.27. The third-order valence-corrected chi connectivity index (χ3v) is 3.46. The fourth-order valence-corrected chi connectivity index (χ4v) is 2.40. The summed E-state index contributed by atoms with van der Waals surface area (Å²) < 4.78 is 0. The van der Waals surface area contributed by atoms with Gasteiger partial charge >= 0.3 is 0 Å². The zero-order chi connectivity index (χ0) is 13.0. The molecule has 2 N–H and O–H groups in total. The van der Waals surface area contributed by atoms with Crippen molar-refractivity contribution in [3.05, 3.63) is 33.9 Å². The van der Waals surface area contributed by atoms with Crippen LogP contribution >= 0.6 is 0 Å². The molecule has 1 aromatic carbocycles. The summed E-state index contributed by atoms with van der Waals surface area (Å²) in [7, 11) is 0. The second kappa shape index (κ2) is 5.82. The summed E-state index contributed by atoms with van der Waals surface area (Å²) in [5.74, 6) is 0.695. The van der Waals surface area contributed by atoms with Crippen LogP contribution in [0.25, 0.3) is 0 Å². The monoisotopic (exact) mass is 249 g/mol. The lowest BCUT2D eigenvalue weighted by Gasteiger charge is -2.12. The van der Waals surface area contributed by atoms with Gasteiger partial charge in [0.1, 0.15) is 5.69 Å². The maximum absolute atomic E-state index is 10.9. The summed E-state index contributed by atoms with van der Waals surface area (Å²) in [6.45, 7) is 4.84. The van der Waals surface area contributed by atoms with Gasteiger partial charge in [0.05, 0.1) is 4.92 Å². The van der Waals surface area contributed by atoms with Gasteiger partial charge in [0, 0.05) is 12.6 Å². The Labute approximate surface area is 107 Å². The molecular formula is C13H19N3O2. The number of nitro groups is 1. The molecule has 1 heterocycles. The first-order chi connectivity index (χ1) is 8.68. The van der Waals surface area contributed by atoms with E-state index in [0.29, 0.717) is 11.6 Å². The summed E-state index contributed by atoms with van der Waals surface area (Å²) >= 11 is 0. The van der Waals surface area contributed by atoms with E-state index in [1.807, 2.05) is 13.0 Å². The van der Waals surface area contributed by atoms with Gasteiger partial charge in [-0.05, 0) is 44.3 Å². The largest absolute Gasteiger partial charge is 0.379 e. The van der Waals surface area contributed by atoms with Crippen LogP contribution < -0.4 is 10.6 Å². The molecule has 1 unspecified atom stereocenters. The van der Waals surface area contributed by atoms with Crippen LogP contribution in [-0.4, -0.2) is 24.6 Å². The summed E-state index contributed by atoms with van der Waals surface area (Å²) in [4.78, 5) is 10.6. The average Bonchev–Trinajstić information content (AvgIpc) is 2.84. The minimum atomic E-state index is -0.327. The Morgan fingerprint density at radius 1 is 1.56 bits per heavy atom. The number of hydrogen-bond donors (Lipinski definition) is 2. The molecule has 0 aliphatic carbocycles. The molecule has 0 amide bonds. The van der Waals surface area contributed by atoms with Crippen LogP contribution in [0.5, 0.6) is 0 Å². The zero-order valence-corrected chi connectivity index (χ0v) is 10.6. The summed E-state index contributed by atoms with van der Waals surface area (Å²) in [6, 6.07) is 5.17. The molecule has 5 heteroatoms. The molecule has 2 rings (SSSR count). The Kier molecular flexibility index (Phi) is 4.15. The zero-order valence-electron chi connectivity index (χ0n) is 10.6. The first-order valence-corrected chi connectivity index (χ1v) is 6.37. The Balaban J connectivity index is 1.97. The summed E-state index contributed by atoms with van der Waals surface area (Å²) in [5.41, 5.74) is 1.75. The number of benzene rings is 1. The molecule has 1 saturated heterocycles. The van der Waals surface area contributed by atoms with Crippen molar-refractivity contribution in [3.8, 4) is 0 Å². The second-order valence-corrected chi connectivity index (χ2v) is 4.80. The van der Waals surface area contributed by atoms with E-state index >= 15 is 0 Å². The van der Waals surface area contributed by atoms with Crippen molar-refractivity contribution in [3.63, 3.8) is 0 Å². The van der Waals surface area contributed by atoms with Crippen LogP contribution in [0, 0.1) is 23.0 Å².